The summed E-state index contributed by atoms with van der Waals surface area (Å²) in [6, 6.07) is 20.5. The van der Waals surface area contributed by atoms with Crippen LogP contribution in [0.2, 0.25) is 0 Å². The molecule has 1 heterocycles. The molecule has 0 saturated heterocycles. The molecule has 3 aromatic carbocycles. The van der Waals surface area contributed by atoms with Crippen LogP contribution in [0, 0.1) is 0 Å². The summed E-state index contributed by atoms with van der Waals surface area (Å²) in [5.74, 6) is -0.230. The van der Waals surface area contributed by atoms with Crippen LogP contribution in [0.4, 0.5) is 0 Å². The lowest BCUT2D eigenvalue weighted by molar-refractivity contribution is 0.0697. The van der Waals surface area contributed by atoms with E-state index in [0.717, 1.165) is 47.2 Å². The molecule has 3 N–H and O–H groups in total. The number of aromatic carboxylic acids is 1. The second-order valence-electron chi connectivity index (χ2n) is 9.97. The van der Waals surface area contributed by atoms with E-state index in [2.05, 4.69) is 16.8 Å². The Morgan fingerprint density at radius 3 is 2.43 bits per heavy atom. The van der Waals surface area contributed by atoms with E-state index >= 15 is 0 Å². The van der Waals surface area contributed by atoms with Gasteiger partial charge in [0.15, 0.2) is 0 Å². The zero-order valence-corrected chi connectivity index (χ0v) is 21.5. The first-order valence-electron chi connectivity index (χ1n) is 12.6. The fraction of sp³-hybridized carbons (Fsp3) is 0.300. The van der Waals surface area contributed by atoms with Crippen LogP contribution < -0.4 is 5.32 Å². The van der Waals surface area contributed by atoms with E-state index in [-0.39, 0.29) is 18.1 Å². The number of rotatable bonds is 10. The highest BCUT2D eigenvalue weighted by molar-refractivity contribution is 5.98. The summed E-state index contributed by atoms with van der Waals surface area (Å²) in [6.45, 7) is 6.14. The summed E-state index contributed by atoms with van der Waals surface area (Å²) in [7, 11) is 0. The number of fused-ring (bicyclic) bond motifs is 1. The normalized spacial score (nSPS) is 11.6. The molecule has 0 atom stereocenters. The number of hydrogen-bond acceptors (Lipinski definition) is 4. The van der Waals surface area contributed by atoms with Gasteiger partial charge < -0.3 is 20.1 Å². The maximum Gasteiger partial charge on any atom is 0.336 e. The molecule has 0 aliphatic heterocycles. The van der Waals surface area contributed by atoms with E-state index in [4.69, 9.17) is 4.98 Å². The number of aromatic nitrogens is 2. The van der Waals surface area contributed by atoms with Gasteiger partial charge in [0, 0.05) is 18.5 Å². The van der Waals surface area contributed by atoms with Crippen LogP contribution in [0.15, 0.2) is 66.7 Å². The Bertz CT molecular complexity index is 1420. The largest absolute Gasteiger partial charge is 0.478 e. The number of carbonyl (C=O) groups excluding carboxylic acids is 1. The lowest BCUT2D eigenvalue weighted by Crippen LogP contribution is -2.46. The summed E-state index contributed by atoms with van der Waals surface area (Å²) in [5, 5.41) is 21.9. The Morgan fingerprint density at radius 1 is 1.03 bits per heavy atom. The highest BCUT2D eigenvalue weighted by Crippen LogP contribution is 2.26. The van der Waals surface area contributed by atoms with Crippen molar-refractivity contribution in [1.82, 2.24) is 14.9 Å². The van der Waals surface area contributed by atoms with Crippen molar-refractivity contribution >= 4 is 22.9 Å². The molecule has 0 unspecified atom stereocenters. The molecule has 0 saturated carbocycles. The van der Waals surface area contributed by atoms with Crippen molar-refractivity contribution in [3.8, 4) is 11.1 Å². The average Bonchev–Trinajstić information content (AvgIpc) is 3.23. The number of nitrogens with one attached hydrogen (secondary N) is 1. The highest BCUT2D eigenvalue weighted by Gasteiger charge is 2.21. The molecule has 0 aliphatic rings. The van der Waals surface area contributed by atoms with Crippen molar-refractivity contribution in [1.29, 1.82) is 0 Å². The van der Waals surface area contributed by atoms with Gasteiger partial charge in [-0.05, 0) is 61.2 Å². The van der Waals surface area contributed by atoms with Crippen LogP contribution in [0.25, 0.3) is 22.2 Å². The Morgan fingerprint density at radius 2 is 1.76 bits per heavy atom. The third-order valence-electron chi connectivity index (χ3n) is 6.45. The standard InChI is InChI=1S/C30H33N3O4/c1-4-5-10-27-31-25-17-22(28(35)32-30(2,3)19-34)15-16-26(25)33(27)18-20-11-13-21(14-12-20)23-8-6-7-9-24(23)29(36)37/h6-9,11-17,34H,4-5,10,18-19H2,1-3H3,(H,32,35)(H,36,37). The fourth-order valence-corrected chi connectivity index (χ4v) is 4.34. The first-order valence-corrected chi connectivity index (χ1v) is 12.6. The molecule has 192 valence electrons. The van der Waals surface area contributed by atoms with Crippen molar-refractivity contribution in [2.24, 2.45) is 0 Å². The number of aliphatic hydroxyl groups excluding tert-OH is 1. The average molecular weight is 500 g/mol. The van der Waals surface area contributed by atoms with E-state index in [0.29, 0.717) is 17.7 Å². The predicted octanol–water partition coefficient (Wildman–Crippen LogP) is 5.29. The molecule has 7 nitrogen and oxygen atoms in total. The summed E-state index contributed by atoms with van der Waals surface area (Å²) >= 11 is 0. The molecule has 4 rings (SSSR count). The van der Waals surface area contributed by atoms with Gasteiger partial charge in [0.1, 0.15) is 5.82 Å². The highest BCUT2D eigenvalue weighted by atomic mass is 16.4. The van der Waals surface area contributed by atoms with Gasteiger partial charge in [-0.2, -0.15) is 0 Å². The molecule has 0 aliphatic carbocycles. The number of hydrogen-bond donors (Lipinski definition) is 3. The molecule has 37 heavy (non-hydrogen) atoms. The molecule has 0 bridgehead atoms. The van der Waals surface area contributed by atoms with Gasteiger partial charge in [-0.25, -0.2) is 9.78 Å². The molecular formula is C30H33N3O4. The summed E-state index contributed by atoms with van der Waals surface area (Å²) in [4.78, 5) is 29.2. The van der Waals surface area contributed by atoms with E-state index < -0.39 is 11.5 Å². The molecule has 0 spiro atoms. The number of nitrogens with zero attached hydrogens (tertiary/aromatic N) is 2. The minimum Gasteiger partial charge on any atom is -0.478 e. The van der Waals surface area contributed by atoms with E-state index in [1.54, 1.807) is 38.1 Å². The summed E-state index contributed by atoms with van der Waals surface area (Å²) in [6.07, 6.45) is 2.88. The zero-order valence-electron chi connectivity index (χ0n) is 21.5. The Hall–Kier alpha value is -3.97. The second kappa shape index (κ2) is 11.0. The lowest BCUT2D eigenvalue weighted by atomic mass is 9.99. The van der Waals surface area contributed by atoms with Crippen LogP contribution in [0.5, 0.6) is 0 Å². The number of unbranched alkanes of at least 4 members (excludes halogenated alkanes) is 1. The van der Waals surface area contributed by atoms with Gasteiger partial charge in [-0.3, -0.25) is 4.79 Å². The molecule has 4 aromatic rings. The maximum absolute atomic E-state index is 12.7. The minimum atomic E-state index is -0.946. The van der Waals surface area contributed by atoms with E-state index in [1.165, 1.54) is 0 Å². The van der Waals surface area contributed by atoms with Crippen LogP contribution in [-0.4, -0.2) is 43.8 Å². The first-order chi connectivity index (χ1) is 17.7. The SMILES string of the molecule is CCCCc1nc2cc(C(=O)NC(C)(C)CO)ccc2n1Cc1ccc(-c2ccccc2C(=O)O)cc1. The number of carboxylic acids is 1. The topological polar surface area (TPSA) is 104 Å². The van der Waals surface area contributed by atoms with Gasteiger partial charge in [0.25, 0.3) is 5.91 Å². The fourth-order valence-electron chi connectivity index (χ4n) is 4.34. The van der Waals surface area contributed by atoms with Gasteiger partial charge in [0.2, 0.25) is 0 Å². The van der Waals surface area contributed by atoms with E-state index in [9.17, 15) is 19.8 Å². The Kier molecular flexibility index (Phi) is 7.74. The smallest absolute Gasteiger partial charge is 0.336 e. The third-order valence-corrected chi connectivity index (χ3v) is 6.45. The van der Waals surface area contributed by atoms with Crippen LogP contribution >= 0.6 is 0 Å². The number of amides is 1. The Labute approximate surface area is 216 Å². The number of aryl methyl sites for hydroxylation is 1. The van der Waals surface area contributed by atoms with Crippen molar-refractivity contribution in [3.63, 3.8) is 0 Å². The molecular weight excluding hydrogens is 466 g/mol. The zero-order chi connectivity index (χ0) is 26.6. The van der Waals surface area contributed by atoms with Crippen molar-refractivity contribution in [2.75, 3.05) is 6.61 Å². The third kappa shape index (κ3) is 5.89. The van der Waals surface area contributed by atoms with Crippen LogP contribution in [0.3, 0.4) is 0 Å². The molecule has 1 amide bonds. The van der Waals surface area contributed by atoms with Crippen molar-refractivity contribution < 1.29 is 19.8 Å². The monoisotopic (exact) mass is 499 g/mol. The number of aliphatic hydroxyl groups is 1. The first kappa shape index (κ1) is 26.1. The van der Waals surface area contributed by atoms with Gasteiger partial charge in [-0.1, -0.05) is 55.8 Å². The second-order valence-corrected chi connectivity index (χ2v) is 9.97. The number of carbonyl (C=O) groups is 2. The Balaban J connectivity index is 1.65. The van der Waals surface area contributed by atoms with Gasteiger partial charge >= 0.3 is 5.97 Å². The summed E-state index contributed by atoms with van der Waals surface area (Å²) < 4.78 is 2.19. The molecule has 7 heteroatoms. The van der Waals surface area contributed by atoms with Gasteiger partial charge in [-0.15, -0.1) is 0 Å². The molecule has 1 aromatic heterocycles. The number of benzene rings is 3. The minimum absolute atomic E-state index is 0.155. The molecule has 0 radical (unpaired) electrons. The lowest BCUT2D eigenvalue weighted by Gasteiger charge is -2.23. The van der Waals surface area contributed by atoms with Crippen LogP contribution in [0.1, 0.15) is 65.7 Å². The number of imidazole rings is 1. The summed E-state index contributed by atoms with van der Waals surface area (Å²) in [5.41, 5.74) is 4.38. The number of carboxylic acid groups (broad SMARTS) is 1. The van der Waals surface area contributed by atoms with Gasteiger partial charge in [0.05, 0.1) is 28.7 Å². The van der Waals surface area contributed by atoms with Crippen molar-refractivity contribution in [3.05, 3.63) is 89.2 Å². The predicted molar refractivity (Wildman–Crippen MR) is 145 cm³/mol. The van der Waals surface area contributed by atoms with E-state index in [1.807, 2.05) is 42.5 Å². The van der Waals surface area contributed by atoms with Crippen molar-refractivity contribution in [2.45, 2.75) is 52.1 Å². The maximum atomic E-state index is 12.7. The molecule has 0 fully saturated rings. The quantitative estimate of drug-likeness (QED) is 0.275. The van der Waals surface area contributed by atoms with Crippen LogP contribution in [-0.2, 0) is 13.0 Å².